The molecule has 0 heterocycles. The molecule has 0 amide bonds. The van der Waals surface area contributed by atoms with E-state index in [1.165, 1.54) is 0 Å². The molecule has 5 rings (SSSR count). The smallest absolute Gasteiger partial charge is 0.403 e. The highest BCUT2D eigenvalue weighted by Crippen LogP contribution is 2.51. The maximum Gasteiger partial charge on any atom is 0.524 e. The van der Waals surface area contributed by atoms with Crippen molar-refractivity contribution in [3.8, 4) is 22.3 Å². The minimum atomic E-state index is -5.02. The predicted molar refractivity (Wildman–Crippen MR) is 178 cm³/mol. The molecule has 2 N–H and O–H groups in total. The summed E-state index contributed by atoms with van der Waals surface area (Å²) in [6, 6.07) is 34.3. The van der Waals surface area contributed by atoms with Gasteiger partial charge >= 0.3 is 7.82 Å². The van der Waals surface area contributed by atoms with Gasteiger partial charge in [0.25, 0.3) is 0 Å². The molecule has 0 radical (unpaired) electrons. The monoisotopic (exact) mass is 588 g/mol. The number of hydrogen-bond donors (Lipinski definition) is 2. The van der Waals surface area contributed by atoms with Crippen molar-refractivity contribution in [3.63, 3.8) is 0 Å². The maximum atomic E-state index is 12.9. The minimum absolute atomic E-state index is 0.148. The molecule has 43 heavy (non-hydrogen) atoms. The highest BCUT2D eigenvalue weighted by molar-refractivity contribution is 7.46. The van der Waals surface area contributed by atoms with Crippen LogP contribution in [0.25, 0.3) is 33.6 Å². The lowest BCUT2D eigenvalue weighted by Crippen LogP contribution is -2.07. The van der Waals surface area contributed by atoms with Crippen molar-refractivity contribution in [1.29, 1.82) is 0 Å². The summed E-state index contributed by atoms with van der Waals surface area (Å²) in [6.07, 6.45) is 0. The summed E-state index contributed by atoms with van der Waals surface area (Å²) < 4.78 is 18.7. The molecule has 0 fully saturated rings. The van der Waals surface area contributed by atoms with Crippen LogP contribution in [0.1, 0.15) is 50.1 Å². The van der Waals surface area contributed by atoms with E-state index in [1.807, 2.05) is 107 Å². The maximum absolute atomic E-state index is 12.9. The second kappa shape index (κ2) is 12.2. The van der Waals surface area contributed by atoms with Crippen LogP contribution in [0.5, 0.6) is 0 Å². The fraction of sp³-hybridized carbons (Fsp3) is 0.158. The Morgan fingerprint density at radius 1 is 0.581 bits per heavy atom. The molecule has 0 unspecified atom stereocenters. The topological polar surface area (TPSA) is 66.8 Å². The van der Waals surface area contributed by atoms with E-state index in [4.69, 9.17) is 4.52 Å². The Labute approximate surface area is 254 Å². The van der Waals surface area contributed by atoms with Crippen LogP contribution in [0.4, 0.5) is 0 Å². The number of phosphoric acid groups is 1. The van der Waals surface area contributed by atoms with E-state index in [9.17, 15) is 14.4 Å². The molecule has 4 nitrogen and oxygen atoms in total. The van der Waals surface area contributed by atoms with Crippen molar-refractivity contribution in [3.05, 3.63) is 153 Å². The lowest BCUT2D eigenvalue weighted by atomic mass is 9.81. The van der Waals surface area contributed by atoms with Gasteiger partial charge in [-0.2, -0.15) is 0 Å². The number of aryl methyl sites for hydroxylation is 6. The van der Waals surface area contributed by atoms with Crippen LogP contribution in [0.2, 0.25) is 0 Å². The van der Waals surface area contributed by atoms with Crippen molar-refractivity contribution < 1.29 is 18.9 Å². The molecule has 218 valence electrons. The van der Waals surface area contributed by atoms with E-state index >= 15 is 0 Å². The largest absolute Gasteiger partial charge is 0.524 e. The zero-order chi connectivity index (χ0) is 30.9. The zero-order valence-electron chi connectivity index (χ0n) is 25.5. The third kappa shape index (κ3) is 6.43. The molecule has 0 aromatic heterocycles. The summed E-state index contributed by atoms with van der Waals surface area (Å²) in [5.74, 6) is 0.148. The molecule has 0 spiro atoms. The molecule has 5 aromatic rings. The van der Waals surface area contributed by atoms with Gasteiger partial charge in [-0.1, -0.05) is 114 Å². The average molecular weight is 589 g/mol. The van der Waals surface area contributed by atoms with Crippen LogP contribution in [0, 0.1) is 41.5 Å². The standard InChI is InChI=1S/C38H37O4P/c1-24-20-26(3)34(27(4)21-24)37(35-28(5)22-25(2)23-29(35)6)38(42-43(39,40)41)33-19-13-18-32(30-14-9-7-10-15-30)36(33)31-16-11-8-12-17-31/h7-23H,1-6H3,(H2,39,40,41). The Kier molecular flexibility index (Phi) is 8.57. The van der Waals surface area contributed by atoms with E-state index < -0.39 is 7.82 Å². The summed E-state index contributed by atoms with van der Waals surface area (Å²) >= 11 is 0. The fourth-order valence-electron chi connectivity index (χ4n) is 6.36. The van der Waals surface area contributed by atoms with Crippen LogP contribution in [0.15, 0.2) is 103 Å². The summed E-state index contributed by atoms with van der Waals surface area (Å²) in [5.41, 5.74) is 13.0. The fourth-order valence-corrected chi connectivity index (χ4v) is 6.79. The first-order chi connectivity index (χ1) is 20.4. The molecule has 0 aliphatic carbocycles. The molecule has 0 aliphatic heterocycles. The Bertz CT molecular complexity index is 1780. The molecule has 0 bridgehead atoms. The second-order valence-corrected chi connectivity index (χ2v) is 12.5. The van der Waals surface area contributed by atoms with Gasteiger partial charge in [-0.15, -0.1) is 0 Å². The van der Waals surface area contributed by atoms with Crippen LogP contribution < -0.4 is 0 Å². The SMILES string of the molecule is Cc1cc(C)c(C(=C(OP(=O)(O)O)c2cccc(-c3ccccc3)c2-c2ccccc2)c2c(C)cc(C)cc2C)c(C)c1. The lowest BCUT2D eigenvalue weighted by Gasteiger charge is -2.26. The minimum Gasteiger partial charge on any atom is -0.403 e. The van der Waals surface area contributed by atoms with Gasteiger partial charge in [0.2, 0.25) is 0 Å². The highest BCUT2D eigenvalue weighted by Gasteiger charge is 2.30. The van der Waals surface area contributed by atoms with Gasteiger partial charge in [0.15, 0.2) is 0 Å². The highest BCUT2D eigenvalue weighted by atomic mass is 31.2. The van der Waals surface area contributed by atoms with Crippen LogP contribution >= 0.6 is 7.82 Å². The van der Waals surface area contributed by atoms with Crippen molar-refractivity contribution >= 4 is 19.2 Å². The van der Waals surface area contributed by atoms with Gasteiger partial charge in [0.1, 0.15) is 5.76 Å². The van der Waals surface area contributed by atoms with Gasteiger partial charge in [-0.25, -0.2) is 4.57 Å². The Balaban J connectivity index is 2.04. The number of benzene rings is 5. The molecule has 5 heteroatoms. The van der Waals surface area contributed by atoms with Gasteiger partial charge in [-0.3, -0.25) is 9.79 Å². The normalized spacial score (nSPS) is 11.3. The van der Waals surface area contributed by atoms with E-state index in [0.29, 0.717) is 11.1 Å². The first kappa shape index (κ1) is 30.3. The molecular formula is C38H37O4P. The Morgan fingerprint density at radius 2 is 1.02 bits per heavy atom. The first-order valence-corrected chi connectivity index (χ1v) is 15.9. The van der Waals surface area contributed by atoms with E-state index in [-0.39, 0.29) is 5.76 Å². The molecule has 5 aromatic carbocycles. The molecule has 0 aliphatic rings. The van der Waals surface area contributed by atoms with Gasteiger partial charge in [0, 0.05) is 16.7 Å². The zero-order valence-corrected chi connectivity index (χ0v) is 26.4. The molecular weight excluding hydrogens is 551 g/mol. The third-order valence-electron chi connectivity index (χ3n) is 7.75. The Morgan fingerprint density at radius 3 is 1.47 bits per heavy atom. The van der Waals surface area contributed by atoms with E-state index in [0.717, 1.165) is 66.8 Å². The summed E-state index contributed by atoms with van der Waals surface area (Å²) in [5, 5.41) is 0. The summed E-state index contributed by atoms with van der Waals surface area (Å²) in [7, 11) is -5.02. The van der Waals surface area contributed by atoms with Crippen LogP contribution in [-0.2, 0) is 9.09 Å². The van der Waals surface area contributed by atoms with E-state index in [2.05, 4.69) is 38.1 Å². The third-order valence-corrected chi connectivity index (χ3v) is 8.17. The van der Waals surface area contributed by atoms with Crippen molar-refractivity contribution in [2.24, 2.45) is 0 Å². The molecule has 0 saturated carbocycles. The second-order valence-electron chi connectivity index (χ2n) is 11.3. The number of rotatable bonds is 7. The number of hydrogen-bond acceptors (Lipinski definition) is 2. The molecule has 0 saturated heterocycles. The number of phosphoric ester groups is 1. The van der Waals surface area contributed by atoms with Crippen molar-refractivity contribution in [2.75, 3.05) is 0 Å². The quantitative estimate of drug-likeness (QED) is 0.113. The van der Waals surface area contributed by atoms with E-state index in [1.54, 1.807) is 0 Å². The van der Waals surface area contributed by atoms with Crippen molar-refractivity contribution in [1.82, 2.24) is 0 Å². The van der Waals surface area contributed by atoms with Gasteiger partial charge in [-0.05, 0) is 91.6 Å². The summed E-state index contributed by atoms with van der Waals surface area (Å²) in [4.78, 5) is 20.9. The Hall–Kier alpha value is -4.21. The lowest BCUT2D eigenvalue weighted by molar-refractivity contribution is 0.269. The average Bonchev–Trinajstić information content (AvgIpc) is 2.94. The van der Waals surface area contributed by atoms with Crippen molar-refractivity contribution in [2.45, 2.75) is 41.5 Å². The summed E-state index contributed by atoms with van der Waals surface area (Å²) in [6.45, 7) is 12.3. The van der Waals surface area contributed by atoms with Gasteiger partial charge in [0.05, 0.1) is 0 Å². The van der Waals surface area contributed by atoms with Crippen LogP contribution in [-0.4, -0.2) is 9.79 Å². The first-order valence-electron chi connectivity index (χ1n) is 14.3. The molecule has 0 atom stereocenters. The van der Waals surface area contributed by atoms with Crippen LogP contribution in [0.3, 0.4) is 0 Å². The van der Waals surface area contributed by atoms with Gasteiger partial charge < -0.3 is 4.52 Å². The predicted octanol–water partition coefficient (Wildman–Crippen LogP) is 9.90.